The molecular formula is C22H32N4O4S. The molecule has 170 valence electrons. The summed E-state index contributed by atoms with van der Waals surface area (Å²) >= 11 is 1.50. The van der Waals surface area contributed by atoms with Crippen LogP contribution in [0.25, 0.3) is 0 Å². The van der Waals surface area contributed by atoms with Crippen molar-refractivity contribution in [3.05, 3.63) is 23.3 Å². The predicted octanol–water partition coefficient (Wildman–Crippen LogP) is 2.77. The normalized spacial score (nSPS) is 21.3. The number of hydrogen-bond acceptors (Lipinski definition) is 5. The third-order valence-electron chi connectivity index (χ3n) is 5.95. The average molecular weight is 449 g/mol. The van der Waals surface area contributed by atoms with E-state index in [0.717, 1.165) is 29.0 Å². The second kappa shape index (κ2) is 9.48. The summed E-state index contributed by atoms with van der Waals surface area (Å²) in [4.78, 5) is 43.7. The van der Waals surface area contributed by atoms with Gasteiger partial charge < -0.3 is 25.5 Å². The van der Waals surface area contributed by atoms with Crippen LogP contribution in [0.3, 0.4) is 0 Å². The minimum absolute atomic E-state index is 0.00435. The van der Waals surface area contributed by atoms with Crippen molar-refractivity contribution in [3.8, 4) is 0 Å². The highest BCUT2D eigenvalue weighted by molar-refractivity contribution is 8.01. The van der Waals surface area contributed by atoms with Gasteiger partial charge >= 0.3 is 6.09 Å². The molecule has 9 heteroatoms. The number of piperidine rings is 1. The van der Waals surface area contributed by atoms with Crippen LogP contribution >= 0.6 is 11.8 Å². The molecule has 2 aliphatic heterocycles. The fraction of sp³-hybridized carbons (Fsp3) is 0.591. The molecule has 0 aromatic heterocycles. The number of rotatable bonds is 5. The van der Waals surface area contributed by atoms with Crippen molar-refractivity contribution in [1.29, 1.82) is 0 Å². The summed E-state index contributed by atoms with van der Waals surface area (Å²) < 4.78 is 0. The molecule has 1 aromatic carbocycles. The van der Waals surface area contributed by atoms with Gasteiger partial charge in [0.15, 0.2) is 0 Å². The molecule has 1 saturated heterocycles. The second-order valence-electron chi connectivity index (χ2n) is 8.50. The van der Waals surface area contributed by atoms with Crippen LogP contribution in [-0.2, 0) is 4.79 Å². The van der Waals surface area contributed by atoms with E-state index in [1.54, 1.807) is 9.80 Å². The maximum atomic E-state index is 13.7. The van der Waals surface area contributed by atoms with Crippen LogP contribution in [0.4, 0.5) is 10.5 Å². The number of hydrogen-bond donors (Lipinski definition) is 2. The van der Waals surface area contributed by atoms with Gasteiger partial charge in [-0.1, -0.05) is 0 Å². The first-order chi connectivity index (χ1) is 14.6. The maximum absolute atomic E-state index is 13.7. The molecule has 0 radical (unpaired) electrons. The molecule has 1 fully saturated rings. The van der Waals surface area contributed by atoms with E-state index >= 15 is 0 Å². The Kier molecular flexibility index (Phi) is 7.16. The van der Waals surface area contributed by atoms with Crippen molar-refractivity contribution < 1.29 is 19.5 Å². The quantitative estimate of drug-likeness (QED) is 0.717. The molecule has 2 atom stereocenters. The molecule has 3 rings (SSSR count). The van der Waals surface area contributed by atoms with Gasteiger partial charge in [-0.25, -0.2) is 4.79 Å². The summed E-state index contributed by atoms with van der Waals surface area (Å²) in [5.74, 6) is -0.133. The van der Waals surface area contributed by atoms with E-state index in [-0.39, 0.29) is 29.1 Å². The summed E-state index contributed by atoms with van der Waals surface area (Å²) in [6.45, 7) is 9.24. The number of nitrogens with two attached hydrogens (primary N) is 1. The predicted molar refractivity (Wildman–Crippen MR) is 122 cm³/mol. The van der Waals surface area contributed by atoms with Gasteiger partial charge in [0.1, 0.15) is 0 Å². The number of fused-ring (bicyclic) bond motifs is 1. The zero-order valence-corrected chi connectivity index (χ0v) is 19.4. The third kappa shape index (κ3) is 4.67. The van der Waals surface area contributed by atoms with Gasteiger partial charge in [-0.15, -0.1) is 11.8 Å². The molecule has 3 N–H and O–H groups in total. The smallest absolute Gasteiger partial charge is 0.407 e. The van der Waals surface area contributed by atoms with Gasteiger partial charge in [-0.2, -0.15) is 0 Å². The fourth-order valence-corrected chi connectivity index (χ4v) is 5.60. The van der Waals surface area contributed by atoms with Gasteiger partial charge in [-0.3, -0.25) is 9.59 Å². The molecule has 0 saturated carbocycles. The van der Waals surface area contributed by atoms with Crippen LogP contribution in [0.5, 0.6) is 0 Å². The van der Waals surface area contributed by atoms with E-state index in [2.05, 4.69) is 0 Å². The number of aryl methyl sites for hydroxylation is 1. The Morgan fingerprint density at radius 1 is 1.35 bits per heavy atom. The number of carboxylic acid groups (broad SMARTS) is 1. The highest BCUT2D eigenvalue weighted by Crippen LogP contribution is 2.41. The topological polar surface area (TPSA) is 107 Å². The van der Waals surface area contributed by atoms with Crippen molar-refractivity contribution in [2.24, 2.45) is 5.73 Å². The van der Waals surface area contributed by atoms with Gasteiger partial charge in [0, 0.05) is 42.7 Å². The molecule has 0 aliphatic carbocycles. The van der Waals surface area contributed by atoms with Crippen LogP contribution in [0.1, 0.15) is 49.5 Å². The molecule has 0 spiro atoms. The van der Waals surface area contributed by atoms with Gasteiger partial charge in [0.2, 0.25) is 5.91 Å². The molecule has 8 nitrogen and oxygen atoms in total. The number of anilines is 1. The number of thioether (sulfide) groups is 1. The number of benzene rings is 1. The molecule has 3 amide bonds. The lowest BCUT2D eigenvalue weighted by Gasteiger charge is -2.41. The molecule has 1 unspecified atom stereocenters. The first kappa shape index (κ1) is 23.4. The van der Waals surface area contributed by atoms with Crippen molar-refractivity contribution in [1.82, 2.24) is 9.80 Å². The Morgan fingerprint density at radius 2 is 2.06 bits per heavy atom. The van der Waals surface area contributed by atoms with Crippen molar-refractivity contribution in [2.45, 2.75) is 62.8 Å². The van der Waals surface area contributed by atoms with E-state index in [4.69, 9.17) is 5.73 Å². The Balaban J connectivity index is 1.98. The zero-order valence-electron chi connectivity index (χ0n) is 18.6. The second-order valence-corrected chi connectivity index (χ2v) is 9.89. The SMILES string of the molecule is Cc1cc2c(cc1C(=O)N(C(C)C)[C@@H]1CCCN(C(=O)O)C1)N(CCN)C(=O)C(C)S2. The summed E-state index contributed by atoms with van der Waals surface area (Å²) in [6.07, 6.45) is 0.542. The monoisotopic (exact) mass is 448 g/mol. The van der Waals surface area contributed by atoms with E-state index in [9.17, 15) is 19.5 Å². The van der Waals surface area contributed by atoms with Crippen LogP contribution in [0.15, 0.2) is 17.0 Å². The number of carbonyl (C=O) groups is 3. The van der Waals surface area contributed by atoms with Crippen LogP contribution in [0, 0.1) is 6.92 Å². The van der Waals surface area contributed by atoms with Crippen LogP contribution in [-0.4, -0.2) is 76.3 Å². The van der Waals surface area contributed by atoms with Gasteiger partial charge in [0.05, 0.1) is 17.0 Å². The van der Waals surface area contributed by atoms with Crippen molar-refractivity contribution in [2.75, 3.05) is 31.1 Å². The molecular weight excluding hydrogens is 416 g/mol. The number of amides is 3. The van der Waals surface area contributed by atoms with E-state index in [0.29, 0.717) is 31.7 Å². The Hall–Kier alpha value is -2.26. The number of likely N-dealkylation sites (tertiary alicyclic amines) is 1. The van der Waals surface area contributed by atoms with Gasteiger partial charge in [-0.05, 0) is 58.2 Å². The summed E-state index contributed by atoms with van der Waals surface area (Å²) in [6, 6.07) is 3.52. The maximum Gasteiger partial charge on any atom is 0.407 e. The van der Waals surface area contributed by atoms with E-state index in [1.807, 2.05) is 39.8 Å². The van der Waals surface area contributed by atoms with Crippen LogP contribution in [0.2, 0.25) is 0 Å². The lowest BCUT2D eigenvalue weighted by Crippen LogP contribution is -2.53. The largest absolute Gasteiger partial charge is 0.465 e. The van der Waals surface area contributed by atoms with E-state index in [1.165, 1.54) is 16.7 Å². The first-order valence-corrected chi connectivity index (χ1v) is 11.7. The number of nitrogens with zero attached hydrogens (tertiary/aromatic N) is 3. The molecule has 31 heavy (non-hydrogen) atoms. The highest BCUT2D eigenvalue weighted by atomic mass is 32.2. The molecule has 2 heterocycles. The highest BCUT2D eigenvalue weighted by Gasteiger charge is 2.35. The standard InChI is InChI=1S/C22H32N4O4S/c1-13(2)26(16-6-5-8-24(12-16)22(29)30)21(28)17-11-18-19(10-14(17)3)31-15(4)20(27)25(18)9-7-23/h10-11,13,15-16H,5-9,12,23H2,1-4H3,(H,29,30)/t15?,16-/m1/s1. The lowest BCUT2D eigenvalue weighted by atomic mass is 9.99. The minimum atomic E-state index is -0.951. The Labute approximate surface area is 187 Å². The molecule has 0 bridgehead atoms. The Morgan fingerprint density at radius 3 is 2.68 bits per heavy atom. The zero-order chi connectivity index (χ0) is 22.9. The molecule has 1 aromatic rings. The minimum Gasteiger partial charge on any atom is -0.465 e. The molecule has 2 aliphatic rings. The van der Waals surface area contributed by atoms with Crippen LogP contribution < -0.4 is 10.6 Å². The number of carbonyl (C=O) groups excluding carboxylic acids is 2. The van der Waals surface area contributed by atoms with Crippen molar-refractivity contribution in [3.63, 3.8) is 0 Å². The van der Waals surface area contributed by atoms with Gasteiger partial charge in [0.25, 0.3) is 5.91 Å². The summed E-state index contributed by atoms with van der Waals surface area (Å²) in [7, 11) is 0. The van der Waals surface area contributed by atoms with Crippen molar-refractivity contribution >= 4 is 35.4 Å². The average Bonchev–Trinajstić information content (AvgIpc) is 2.71. The third-order valence-corrected chi connectivity index (χ3v) is 7.08. The Bertz CT molecular complexity index is 875. The summed E-state index contributed by atoms with van der Waals surface area (Å²) in [5, 5.41) is 9.21. The fourth-order valence-electron chi connectivity index (χ4n) is 4.46. The first-order valence-electron chi connectivity index (χ1n) is 10.8. The van der Waals surface area contributed by atoms with E-state index < -0.39 is 6.09 Å². The summed E-state index contributed by atoms with van der Waals surface area (Å²) in [5.41, 5.74) is 7.87. The lowest BCUT2D eigenvalue weighted by molar-refractivity contribution is -0.118.